The first-order chi connectivity index (χ1) is 10.8. The Hall–Kier alpha value is -1.30. The Morgan fingerprint density at radius 1 is 1.52 bits per heavy atom. The van der Waals surface area contributed by atoms with Gasteiger partial charge in [0, 0.05) is 36.7 Å². The maximum absolute atomic E-state index is 11.9. The molecule has 2 atom stereocenters. The summed E-state index contributed by atoms with van der Waals surface area (Å²) >= 11 is 6.08. The number of likely N-dealkylation sites (tertiary alicyclic amines) is 1. The molecule has 5 nitrogen and oxygen atoms in total. The van der Waals surface area contributed by atoms with Crippen LogP contribution < -0.4 is 11.1 Å². The minimum Gasteiger partial charge on any atom is -0.444 e. The summed E-state index contributed by atoms with van der Waals surface area (Å²) in [6, 6.07) is 7.98. The molecule has 0 unspecified atom stereocenters. The fraction of sp³-hybridized carbons (Fsp3) is 0.588. The molecule has 0 aliphatic carbocycles. The van der Waals surface area contributed by atoms with Crippen LogP contribution >= 0.6 is 11.6 Å². The van der Waals surface area contributed by atoms with Crippen LogP contribution in [0.4, 0.5) is 4.79 Å². The van der Waals surface area contributed by atoms with Crippen molar-refractivity contribution in [3.8, 4) is 0 Å². The van der Waals surface area contributed by atoms with E-state index in [1.165, 1.54) is 0 Å². The Morgan fingerprint density at radius 2 is 2.26 bits per heavy atom. The number of nitrogens with one attached hydrogen (secondary N) is 1. The maximum Gasteiger partial charge on any atom is 0.407 e. The van der Waals surface area contributed by atoms with Gasteiger partial charge in [-0.1, -0.05) is 23.7 Å². The van der Waals surface area contributed by atoms with Crippen molar-refractivity contribution in [2.24, 2.45) is 5.73 Å². The molecule has 1 heterocycles. The normalized spacial score (nSPS) is 20.3. The molecule has 1 aliphatic rings. The Kier molecular flexibility index (Phi) is 5.89. The molecule has 6 heteroatoms. The molecule has 1 aliphatic heterocycles. The van der Waals surface area contributed by atoms with Gasteiger partial charge in [-0.05, 0) is 44.9 Å². The lowest BCUT2D eigenvalue weighted by Gasteiger charge is -2.27. The van der Waals surface area contributed by atoms with E-state index in [-0.39, 0.29) is 18.2 Å². The van der Waals surface area contributed by atoms with Gasteiger partial charge in [0.2, 0.25) is 0 Å². The van der Waals surface area contributed by atoms with E-state index in [9.17, 15) is 4.79 Å². The highest BCUT2D eigenvalue weighted by atomic mass is 35.5. The van der Waals surface area contributed by atoms with Crippen molar-refractivity contribution >= 4 is 17.7 Å². The number of hydrogen-bond donors (Lipinski definition) is 2. The van der Waals surface area contributed by atoms with Crippen molar-refractivity contribution in [3.05, 3.63) is 34.9 Å². The van der Waals surface area contributed by atoms with Gasteiger partial charge >= 0.3 is 6.09 Å². The lowest BCUT2D eigenvalue weighted by atomic mass is 10.1. The smallest absolute Gasteiger partial charge is 0.407 e. The molecule has 0 spiro atoms. The highest BCUT2D eigenvalue weighted by Gasteiger charge is 2.30. The van der Waals surface area contributed by atoms with Crippen LogP contribution in [0.2, 0.25) is 5.02 Å². The van der Waals surface area contributed by atoms with E-state index in [0.717, 1.165) is 25.1 Å². The molecule has 1 aromatic rings. The molecule has 1 amide bonds. The van der Waals surface area contributed by atoms with Crippen molar-refractivity contribution in [1.29, 1.82) is 0 Å². The molecule has 128 valence electrons. The Bertz CT molecular complexity index is 545. The summed E-state index contributed by atoms with van der Waals surface area (Å²) in [5, 5.41) is 3.65. The summed E-state index contributed by atoms with van der Waals surface area (Å²) in [4.78, 5) is 14.2. The lowest BCUT2D eigenvalue weighted by Crippen LogP contribution is -2.41. The molecule has 1 fully saturated rings. The second kappa shape index (κ2) is 7.51. The molecule has 0 aromatic heterocycles. The standard InChI is InChI=1S/C17H26ClN3O2/c1-17(2,3)23-16(22)20-14-7-8-21(11-14)15(10-19)12-5-4-6-13(18)9-12/h4-6,9,14-15H,7-8,10-11,19H2,1-3H3,(H,20,22)/t14-,15-/m1/s1. The zero-order valence-electron chi connectivity index (χ0n) is 14.0. The molecular weight excluding hydrogens is 314 g/mol. The summed E-state index contributed by atoms with van der Waals surface area (Å²) in [6.07, 6.45) is 0.521. The van der Waals surface area contributed by atoms with Gasteiger partial charge in [0.05, 0.1) is 0 Å². The van der Waals surface area contributed by atoms with Gasteiger partial charge in [-0.15, -0.1) is 0 Å². The number of amides is 1. The molecule has 0 radical (unpaired) electrons. The van der Waals surface area contributed by atoms with Crippen molar-refractivity contribution in [1.82, 2.24) is 10.2 Å². The monoisotopic (exact) mass is 339 g/mol. The minimum absolute atomic E-state index is 0.0816. The second-order valence-corrected chi connectivity index (χ2v) is 7.37. The zero-order valence-corrected chi connectivity index (χ0v) is 14.8. The lowest BCUT2D eigenvalue weighted by molar-refractivity contribution is 0.0504. The van der Waals surface area contributed by atoms with Crippen LogP contribution in [-0.4, -0.2) is 42.3 Å². The van der Waals surface area contributed by atoms with E-state index in [0.29, 0.717) is 11.6 Å². The number of alkyl carbamates (subject to hydrolysis) is 1. The van der Waals surface area contributed by atoms with Gasteiger partial charge in [0.1, 0.15) is 5.60 Å². The number of rotatable bonds is 4. The molecule has 0 saturated carbocycles. The number of benzene rings is 1. The van der Waals surface area contributed by atoms with Crippen molar-refractivity contribution in [2.45, 2.75) is 44.9 Å². The second-order valence-electron chi connectivity index (χ2n) is 6.93. The fourth-order valence-electron chi connectivity index (χ4n) is 2.87. The van der Waals surface area contributed by atoms with Gasteiger partial charge < -0.3 is 15.8 Å². The van der Waals surface area contributed by atoms with E-state index in [2.05, 4.69) is 10.2 Å². The van der Waals surface area contributed by atoms with Gasteiger partial charge in [0.15, 0.2) is 0 Å². The third-order valence-corrected chi connectivity index (χ3v) is 4.07. The summed E-state index contributed by atoms with van der Waals surface area (Å²) in [5.74, 6) is 0. The van der Waals surface area contributed by atoms with Crippen LogP contribution in [0.5, 0.6) is 0 Å². The Morgan fingerprint density at radius 3 is 2.87 bits per heavy atom. The van der Waals surface area contributed by atoms with Crippen LogP contribution in [0, 0.1) is 0 Å². The molecule has 1 saturated heterocycles. The summed E-state index contributed by atoms with van der Waals surface area (Å²) in [7, 11) is 0. The van der Waals surface area contributed by atoms with E-state index in [4.69, 9.17) is 22.1 Å². The number of hydrogen-bond acceptors (Lipinski definition) is 4. The maximum atomic E-state index is 11.9. The van der Waals surface area contributed by atoms with Gasteiger partial charge in [-0.25, -0.2) is 4.79 Å². The van der Waals surface area contributed by atoms with Crippen LogP contribution in [-0.2, 0) is 4.74 Å². The quantitative estimate of drug-likeness (QED) is 0.885. The Labute approximate surface area is 143 Å². The highest BCUT2D eigenvalue weighted by Crippen LogP contribution is 2.26. The minimum atomic E-state index is -0.483. The number of halogens is 1. The average Bonchev–Trinajstić information content (AvgIpc) is 2.85. The average molecular weight is 340 g/mol. The number of nitrogens with two attached hydrogens (primary N) is 1. The van der Waals surface area contributed by atoms with Crippen molar-refractivity contribution < 1.29 is 9.53 Å². The number of nitrogens with zero attached hydrogens (tertiary/aromatic N) is 1. The Balaban J connectivity index is 1.94. The summed E-state index contributed by atoms with van der Waals surface area (Å²) in [5.41, 5.74) is 6.59. The predicted octanol–water partition coefficient (Wildman–Crippen LogP) is 2.94. The molecule has 0 bridgehead atoms. The molecule has 2 rings (SSSR count). The zero-order chi connectivity index (χ0) is 17.0. The first-order valence-corrected chi connectivity index (χ1v) is 8.35. The summed E-state index contributed by atoms with van der Waals surface area (Å²) < 4.78 is 5.31. The fourth-order valence-corrected chi connectivity index (χ4v) is 3.07. The van der Waals surface area contributed by atoms with Crippen LogP contribution in [0.15, 0.2) is 24.3 Å². The van der Waals surface area contributed by atoms with Crippen LogP contribution in [0.1, 0.15) is 38.8 Å². The number of carbonyl (C=O) groups excluding carboxylic acids is 1. The van der Waals surface area contributed by atoms with Crippen LogP contribution in [0.25, 0.3) is 0 Å². The first kappa shape index (κ1) is 18.0. The van der Waals surface area contributed by atoms with Gasteiger partial charge in [-0.2, -0.15) is 0 Å². The third-order valence-electron chi connectivity index (χ3n) is 3.84. The van der Waals surface area contributed by atoms with Crippen molar-refractivity contribution in [3.63, 3.8) is 0 Å². The molecule has 23 heavy (non-hydrogen) atoms. The predicted molar refractivity (Wildman–Crippen MR) is 92.6 cm³/mol. The summed E-state index contributed by atoms with van der Waals surface area (Å²) in [6.45, 7) is 7.73. The van der Waals surface area contributed by atoms with Gasteiger partial charge in [-0.3, -0.25) is 4.90 Å². The van der Waals surface area contributed by atoms with E-state index in [1.807, 2.05) is 45.0 Å². The first-order valence-electron chi connectivity index (χ1n) is 7.97. The molecule has 1 aromatic carbocycles. The SMILES string of the molecule is CC(C)(C)OC(=O)N[C@@H]1CCN([C@H](CN)c2cccc(Cl)c2)C1. The van der Waals surface area contributed by atoms with E-state index >= 15 is 0 Å². The third kappa shape index (κ3) is 5.37. The topological polar surface area (TPSA) is 67.6 Å². The van der Waals surface area contributed by atoms with Crippen molar-refractivity contribution in [2.75, 3.05) is 19.6 Å². The van der Waals surface area contributed by atoms with E-state index < -0.39 is 5.60 Å². The number of ether oxygens (including phenoxy) is 1. The van der Waals surface area contributed by atoms with Gasteiger partial charge in [0.25, 0.3) is 0 Å². The van der Waals surface area contributed by atoms with Crippen LogP contribution in [0.3, 0.4) is 0 Å². The number of carbonyl (C=O) groups is 1. The largest absolute Gasteiger partial charge is 0.444 e. The molecular formula is C17H26ClN3O2. The van der Waals surface area contributed by atoms with E-state index in [1.54, 1.807) is 0 Å². The molecule has 3 N–H and O–H groups in total. The highest BCUT2D eigenvalue weighted by molar-refractivity contribution is 6.30.